The monoisotopic (exact) mass is 355 g/mol. The first-order valence-electron chi connectivity index (χ1n) is 5.01. The number of aromatic carboxylic acids is 1. The Bertz CT molecular complexity index is 604. The molecule has 106 valence electrons. The number of carboxylic acid groups (broad SMARTS) is 1. The Balaban J connectivity index is 3.47. The van der Waals surface area contributed by atoms with Crippen LogP contribution >= 0.6 is 15.9 Å². The molecule has 19 heavy (non-hydrogen) atoms. The summed E-state index contributed by atoms with van der Waals surface area (Å²) in [5, 5.41) is 17.5. The van der Waals surface area contributed by atoms with Crippen molar-refractivity contribution in [3.63, 3.8) is 0 Å². The van der Waals surface area contributed by atoms with Crippen molar-refractivity contribution in [3.05, 3.63) is 28.0 Å². The third-order valence-electron chi connectivity index (χ3n) is 2.34. The largest absolute Gasteiger partial charge is 0.478 e. The lowest BCUT2D eigenvalue weighted by molar-refractivity contribution is 0.0691. The molecule has 0 atom stereocenters. The summed E-state index contributed by atoms with van der Waals surface area (Å²) in [5.41, 5.74) is -0.745. The van der Waals surface area contributed by atoms with Crippen LogP contribution in [0, 0.1) is 5.82 Å². The van der Waals surface area contributed by atoms with E-state index in [4.69, 9.17) is 10.2 Å². The predicted molar refractivity (Wildman–Crippen MR) is 68.0 cm³/mol. The van der Waals surface area contributed by atoms with Gasteiger partial charge in [0.05, 0.1) is 12.2 Å². The number of sulfonamides is 1. The van der Waals surface area contributed by atoms with E-state index >= 15 is 0 Å². The molecule has 0 saturated carbocycles. The molecule has 9 heteroatoms. The van der Waals surface area contributed by atoms with Gasteiger partial charge in [0.2, 0.25) is 10.0 Å². The fourth-order valence-corrected chi connectivity index (χ4v) is 3.22. The zero-order chi connectivity index (χ0) is 14.8. The lowest BCUT2D eigenvalue weighted by atomic mass is 10.2. The van der Waals surface area contributed by atoms with Crippen molar-refractivity contribution in [1.82, 2.24) is 4.31 Å². The molecule has 0 fully saturated rings. The van der Waals surface area contributed by atoms with Crippen molar-refractivity contribution in [2.45, 2.75) is 4.90 Å². The molecule has 0 aliphatic carbocycles. The summed E-state index contributed by atoms with van der Waals surface area (Å²) in [6.45, 7) is -0.659. The van der Waals surface area contributed by atoms with E-state index in [1.165, 1.54) is 0 Å². The smallest absolute Gasteiger partial charge is 0.338 e. The number of likely N-dealkylation sites (N-methyl/N-ethyl adjacent to an activating group) is 1. The molecule has 0 aromatic heterocycles. The van der Waals surface area contributed by atoms with Crippen molar-refractivity contribution in [1.29, 1.82) is 0 Å². The number of aliphatic hydroxyl groups excluding tert-OH is 1. The average Bonchev–Trinajstić information content (AvgIpc) is 2.31. The predicted octanol–water partition coefficient (Wildman–Crippen LogP) is 0.899. The molecule has 0 amide bonds. The number of hydrogen-bond acceptors (Lipinski definition) is 4. The second-order valence-corrected chi connectivity index (χ2v) is 6.55. The molecule has 0 saturated heterocycles. The fourth-order valence-electron chi connectivity index (χ4n) is 1.34. The van der Waals surface area contributed by atoms with E-state index < -0.39 is 38.9 Å². The van der Waals surface area contributed by atoms with Crippen LogP contribution in [-0.2, 0) is 10.0 Å². The Morgan fingerprint density at radius 2 is 2.05 bits per heavy atom. The van der Waals surface area contributed by atoms with Crippen LogP contribution in [0.4, 0.5) is 4.39 Å². The molecule has 1 aromatic carbocycles. The molecular weight excluding hydrogens is 345 g/mol. The molecule has 6 nitrogen and oxygen atoms in total. The minimum Gasteiger partial charge on any atom is -0.478 e. The van der Waals surface area contributed by atoms with Gasteiger partial charge < -0.3 is 10.2 Å². The Morgan fingerprint density at radius 3 is 2.53 bits per heavy atom. The van der Waals surface area contributed by atoms with E-state index in [0.717, 1.165) is 23.5 Å². The summed E-state index contributed by atoms with van der Waals surface area (Å²) in [7, 11) is -3.05. The van der Waals surface area contributed by atoms with E-state index in [1.54, 1.807) is 0 Å². The molecule has 2 N–H and O–H groups in total. The van der Waals surface area contributed by atoms with Gasteiger partial charge in [0.1, 0.15) is 4.90 Å². The molecule has 0 spiro atoms. The molecule has 0 unspecified atom stereocenters. The first-order chi connectivity index (χ1) is 8.71. The van der Waals surface area contributed by atoms with Gasteiger partial charge in [-0.1, -0.05) is 15.9 Å². The van der Waals surface area contributed by atoms with Crippen LogP contribution in [0.15, 0.2) is 21.5 Å². The minimum absolute atomic E-state index is 0.127. The van der Waals surface area contributed by atoms with Gasteiger partial charge in [-0.25, -0.2) is 17.6 Å². The van der Waals surface area contributed by atoms with Crippen molar-refractivity contribution >= 4 is 31.9 Å². The summed E-state index contributed by atoms with van der Waals surface area (Å²) in [6.07, 6.45) is 0. The maximum absolute atomic E-state index is 13.9. The van der Waals surface area contributed by atoms with Crippen molar-refractivity contribution in [3.8, 4) is 0 Å². The van der Waals surface area contributed by atoms with Crippen LogP contribution < -0.4 is 0 Å². The topological polar surface area (TPSA) is 94.9 Å². The summed E-state index contributed by atoms with van der Waals surface area (Å²) in [6, 6.07) is 1.95. The number of carbonyl (C=O) groups is 1. The summed E-state index contributed by atoms with van der Waals surface area (Å²) < 4.78 is 38.9. The lowest BCUT2D eigenvalue weighted by Gasteiger charge is -2.17. The molecule has 1 aromatic rings. The van der Waals surface area contributed by atoms with Gasteiger partial charge >= 0.3 is 5.97 Å². The van der Waals surface area contributed by atoms with Gasteiger partial charge in [-0.05, 0) is 12.1 Å². The fraction of sp³-hybridized carbons (Fsp3) is 0.300. The Kier molecular flexibility index (Phi) is 5.02. The second kappa shape index (κ2) is 5.95. The number of aliphatic hydroxyl groups is 1. The molecular formula is C10H11BrFNO5S. The molecule has 0 heterocycles. The minimum atomic E-state index is -4.21. The number of carboxylic acids is 1. The highest BCUT2D eigenvalue weighted by Crippen LogP contribution is 2.26. The van der Waals surface area contributed by atoms with Crippen LogP contribution in [0.3, 0.4) is 0 Å². The normalized spacial score (nSPS) is 11.8. The van der Waals surface area contributed by atoms with Crippen molar-refractivity contribution in [2.24, 2.45) is 0 Å². The zero-order valence-electron chi connectivity index (χ0n) is 9.80. The first-order valence-corrected chi connectivity index (χ1v) is 7.24. The highest BCUT2D eigenvalue weighted by molar-refractivity contribution is 9.10. The molecule has 0 bridgehead atoms. The van der Waals surface area contributed by atoms with Crippen LogP contribution in [0.1, 0.15) is 10.4 Å². The summed E-state index contributed by atoms with van der Waals surface area (Å²) >= 11 is 2.93. The molecule has 0 aliphatic rings. The highest BCUT2D eigenvalue weighted by atomic mass is 79.9. The number of rotatable bonds is 5. The first kappa shape index (κ1) is 16.0. The third kappa shape index (κ3) is 3.30. The SMILES string of the molecule is CN(CCO)S(=O)(=O)c1cc(Br)cc(C(=O)O)c1F. The van der Waals surface area contributed by atoms with Gasteiger partial charge in [-0.2, -0.15) is 4.31 Å². The maximum Gasteiger partial charge on any atom is 0.338 e. The molecule has 1 rings (SSSR count). The average molecular weight is 356 g/mol. The number of hydrogen-bond donors (Lipinski definition) is 2. The lowest BCUT2D eigenvalue weighted by Crippen LogP contribution is -2.30. The van der Waals surface area contributed by atoms with Gasteiger partial charge in [0.15, 0.2) is 5.82 Å². The Hall–Kier alpha value is -1.03. The third-order valence-corrected chi connectivity index (χ3v) is 4.65. The highest BCUT2D eigenvalue weighted by Gasteiger charge is 2.28. The van der Waals surface area contributed by atoms with Gasteiger partial charge in [-0.15, -0.1) is 0 Å². The Labute approximate surface area is 117 Å². The summed E-state index contributed by atoms with van der Waals surface area (Å²) in [5.74, 6) is -2.90. The quantitative estimate of drug-likeness (QED) is 0.818. The standard InChI is InChI=1S/C10H11BrFNO5S/c1-13(2-3-14)19(17,18)8-5-6(11)4-7(9(8)12)10(15)16/h4-5,14H,2-3H2,1H3,(H,15,16). The van der Waals surface area contributed by atoms with E-state index in [0.29, 0.717) is 0 Å². The van der Waals surface area contributed by atoms with E-state index in [-0.39, 0.29) is 11.0 Å². The van der Waals surface area contributed by atoms with Crippen LogP contribution in [0.2, 0.25) is 0 Å². The van der Waals surface area contributed by atoms with E-state index in [1.807, 2.05) is 0 Å². The van der Waals surface area contributed by atoms with Gasteiger partial charge in [0, 0.05) is 18.1 Å². The molecule has 0 aliphatic heterocycles. The van der Waals surface area contributed by atoms with Gasteiger partial charge in [0.25, 0.3) is 0 Å². The van der Waals surface area contributed by atoms with E-state index in [9.17, 15) is 17.6 Å². The zero-order valence-corrected chi connectivity index (χ0v) is 12.2. The van der Waals surface area contributed by atoms with Crippen LogP contribution in [0.25, 0.3) is 0 Å². The molecule has 0 radical (unpaired) electrons. The van der Waals surface area contributed by atoms with Crippen LogP contribution in [0.5, 0.6) is 0 Å². The van der Waals surface area contributed by atoms with Crippen molar-refractivity contribution < 1.29 is 27.8 Å². The maximum atomic E-state index is 13.9. The number of halogens is 2. The van der Waals surface area contributed by atoms with Gasteiger partial charge in [-0.3, -0.25) is 0 Å². The van der Waals surface area contributed by atoms with Crippen LogP contribution in [-0.4, -0.2) is 49.1 Å². The summed E-state index contributed by atoms with van der Waals surface area (Å²) in [4.78, 5) is 10.1. The second-order valence-electron chi connectivity index (χ2n) is 3.62. The van der Waals surface area contributed by atoms with E-state index in [2.05, 4.69) is 15.9 Å². The number of benzene rings is 1. The number of nitrogens with zero attached hydrogens (tertiary/aromatic N) is 1. The Morgan fingerprint density at radius 1 is 1.47 bits per heavy atom. The van der Waals surface area contributed by atoms with Crippen molar-refractivity contribution in [2.75, 3.05) is 20.2 Å².